The lowest BCUT2D eigenvalue weighted by atomic mass is 9.85. The molecule has 0 aliphatic heterocycles. The molecule has 0 fully saturated rings. The number of fused-ring (bicyclic) bond motifs is 5. The van der Waals surface area contributed by atoms with Gasteiger partial charge >= 0.3 is 0 Å². The molecule has 5 rings (SSSR count). The zero-order chi connectivity index (χ0) is 20.8. The standard InChI is InChI=1S/C24H27N5O/c1-13(2)8-11-20(30)24-22-19(28-29-24)10-9-18-21(22)15-6-4-5-7-16(15)23(26-18)17-12-25-27-14(17)3/h9-10,12-13H,4-8,11H2,1-3H3,(H,25,27)(H,28,29). The van der Waals surface area contributed by atoms with Crippen LogP contribution in [-0.2, 0) is 12.8 Å². The van der Waals surface area contributed by atoms with Crippen LogP contribution in [0.5, 0.6) is 0 Å². The van der Waals surface area contributed by atoms with E-state index in [-0.39, 0.29) is 5.78 Å². The molecular weight excluding hydrogens is 374 g/mol. The number of hydrogen-bond donors (Lipinski definition) is 2. The number of rotatable bonds is 5. The molecule has 6 nitrogen and oxygen atoms in total. The van der Waals surface area contributed by atoms with Gasteiger partial charge in [0.25, 0.3) is 0 Å². The maximum absolute atomic E-state index is 13.0. The molecular formula is C24H27N5O. The van der Waals surface area contributed by atoms with E-state index in [2.05, 4.69) is 34.2 Å². The number of carbonyl (C=O) groups excluding carboxylic acids is 1. The number of aromatic amines is 2. The molecule has 1 aliphatic rings. The van der Waals surface area contributed by atoms with Gasteiger partial charge in [0.1, 0.15) is 5.69 Å². The minimum absolute atomic E-state index is 0.113. The molecule has 0 saturated heterocycles. The Kier molecular flexibility index (Phi) is 4.65. The first-order chi connectivity index (χ1) is 14.5. The van der Waals surface area contributed by atoms with Crippen LogP contribution < -0.4 is 0 Å². The fourth-order valence-electron chi connectivity index (χ4n) is 4.68. The minimum atomic E-state index is 0.113. The predicted molar refractivity (Wildman–Crippen MR) is 119 cm³/mol. The maximum atomic E-state index is 13.0. The van der Waals surface area contributed by atoms with Crippen molar-refractivity contribution in [2.75, 3.05) is 0 Å². The van der Waals surface area contributed by atoms with Gasteiger partial charge in [-0.1, -0.05) is 13.8 Å². The molecule has 0 bridgehead atoms. The van der Waals surface area contributed by atoms with E-state index in [0.717, 1.165) is 70.9 Å². The van der Waals surface area contributed by atoms with Crippen LogP contribution in [0.15, 0.2) is 18.3 Å². The highest BCUT2D eigenvalue weighted by Gasteiger charge is 2.25. The Labute approximate surface area is 175 Å². The van der Waals surface area contributed by atoms with Crippen molar-refractivity contribution in [2.45, 2.75) is 59.3 Å². The second-order valence-electron chi connectivity index (χ2n) is 8.84. The second-order valence-corrected chi connectivity index (χ2v) is 8.84. The molecule has 1 aliphatic carbocycles. The molecule has 6 heteroatoms. The van der Waals surface area contributed by atoms with Crippen LogP contribution in [0, 0.1) is 12.8 Å². The van der Waals surface area contributed by atoms with Crippen LogP contribution in [0.25, 0.3) is 33.1 Å². The topological polar surface area (TPSA) is 87.3 Å². The summed E-state index contributed by atoms with van der Waals surface area (Å²) in [5.74, 6) is 0.604. The highest BCUT2D eigenvalue weighted by atomic mass is 16.1. The summed E-state index contributed by atoms with van der Waals surface area (Å²) >= 11 is 0. The van der Waals surface area contributed by atoms with Gasteiger partial charge < -0.3 is 0 Å². The zero-order valence-electron chi connectivity index (χ0n) is 17.8. The van der Waals surface area contributed by atoms with Crippen LogP contribution >= 0.6 is 0 Å². The SMILES string of the molecule is Cc1[nH]ncc1-c1nc2ccc3[nH]nc(C(=O)CCC(C)C)c3c2c2c1CCCC2. The summed E-state index contributed by atoms with van der Waals surface area (Å²) in [7, 11) is 0. The molecule has 1 aromatic carbocycles. The van der Waals surface area contributed by atoms with Gasteiger partial charge in [-0.2, -0.15) is 10.2 Å². The summed E-state index contributed by atoms with van der Waals surface area (Å²) < 4.78 is 0. The average Bonchev–Trinajstić information content (AvgIpc) is 3.37. The first-order valence-electron chi connectivity index (χ1n) is 10.9. The lowest BCUT2D eigenvalue weighted by molar-refractivity contribution is 0.0972. The van der Waals surface area contributed by atoms with Crippen molar-refractivity contribution in [3.8, 4) is 11.3 Å². The molecule has 2 N–H and O–H groups in total. The molecule has 0 amide bonds. The van der Waals surface area contributed by atoms with Gasteiger partial charge in [0.15, 0.2) is 5.78 Å². The highest BCUT2D eigenvalue weighted by molar-refractivity contribution is 6.17. The van der Waals surface area contributed by atoms with Crippen LogP contribution in [0.2, 0.25) is 0 Å². The molecule has 154 valence electrons. The Morgan fingerprint density at radius 1 is 1.10 bits per heavy atom. The van der Waals surface area contributed by atoms with E-state index >= 15 is 0 Å². The number of ketones is 1. The molecule has 4 aromatic rings. The van der Waals surface area contributed by atoms with Gasteiger partial charge in [0.2, 0.25) is 0 Å². The third-order valence-electron chi connectivity index (χ3n) is 6.29. The van der Waals surface area contributed by atoms with E-state index in [1.807, 2.05) is 25.3 Å². The summed E-state index contributed by atoms with van der Waals surface area (Å²) in [6, 6.07) is 4.05. The summed E-state index contributed by atoms with van der Waals surface area (Å²) in [5, 5.41) is 16.8. The van der Waals surface area contributed by atoms with E-state index in [1.165, 1.54) is 11.1 Å². The number of aromatic nitrogens is 5. The number of Topliss-reactive ketones (excluding diaryl/α,β-unsaturated/α-hetero) is 1. The van der Waals surface area contributed by atoms with Crippen molar-refractivity contribution in [3.63, 3.8) is 0 Å². The van der Waals surface area contributed by atoms with E-state index in [0.29, 0.717) is 18.0 Å². The monoisotopic (exact) mass is 401 g/mol. The molecule has 3 heterocycles. The number of aryl methyl sites for hydroxylation is 2. The predicted octanol–water partition coefficient (Wildman–Crippen LogP) is 5.31. The lowest BCUT2D eigenvalue weighted by Crippen LogP contribution is -2.09. The Hall–Kier alpha value is -3.02. The normalized spacial score (nSPS) is 14.0. The van der Waals surface area contributed by atoms with Crippen molar-refractivity contribution in [2.24, 2.45) is 5.92 Å². The highest BCUT2D eigenvalue weighted by Crippen LogP contribution is 2.39. The van der Waals surface area contributed by atoms with Crippen molar-refractivity contribution in [1.82, 2.24) is 25.4 Å². The number of nitrogens with one attached hydrogen (secondary N) is 2. The van der Waals surface area contributed by atoms with Crippen molar-refractivity contribution in [1.29, 1.82) is 0 Å². The summed E-state index contributed by atoms with van der Waals surface area (Å²) in [4.78, 5) is 18.1. The maximum Gasteiger partial charge on any atom is 0.183 e. The lowest BCUT2D eigenvalue weighted by Gasteiger charge is -2.21. The number of carbonyl (C=O) groups is 1. The molecule has 0 unspecified atom stereocenters. The van der Waals surface area contributed by atoms with E-state index < -0.39 is 0 Å². The number of pyridine rings is 1. The Bertz CT molecular complexity index is 1260. The van der Waals surface area contributed by atoms with Crippen molar-refractivity contribution < 1.29 is 4.79 Å². The largest absolute Gasteiger partial charge is 0.292 e. The second kappa shape index (κ2) is 7.35. The fraction of sp³-hybridized carbons (Fsp3) is 0.417. The molecule has 0 spiro atoms. The van der Waals surface area contributed by atoms with Gasteiger partial charge in [-0.15, -0.1) is 0 Å². The Morgan fingerprint density at radius 3 is 2.63 bits per heavy atom. The third kappa shape index (κ3) is 3.02. The van der Waals surface area contributed by atoms with E-state index in [4.69, 9.17) is 4.98 Å². The molecule has 0 radical (unpaired) electrons. The summed E-state index contributed by atoms with van der Waals surface area (Å²) in [5.41, 5.74) is 8.16. The molecule has 0 saturated carbocycles. The quantitative estimate of drug-likeness (QED) is 0.444. The van der Waals surface area contributed by atoms with Gasteiger partial charge in [-0.3, -0.25) is 15.0 Å². The van der Waals surface area contributed by atoms with Crippen LogP contribution in [0.1, 0.15) is 66.8 Å². The third-order valence-corrected chi connectivity index (χ3v) is 6.29. The van der Waals surface area contributed by atoms with Gasteiger partial charge in [-0.05, 0) is 68.2 Å². The zero-order valence-corrected chi connectivity index (χ0v) is 17.8. The number of nitrogens with zero attached hydrogens (tertiary/aromatic N) is 3. The Morgan fingerprint density at radius 2 is 1.90 bits per heavy atom. The fourth-order valence-corrected chi connectivity index (χ4v) is 4.68. The molecule has 3 aromatic heterocycles. The number of hydrogen-bond acceptors (Lipinski definition) is 4. The summed E-state index contributed by atoms with van der Waals surface area (Å²) in [6.45, 7) is 6.32. The summed E-state index contributed by atoms with van der Waals surface area (Å²) in [6.07, 6.45) is 7.58. The molecule has 0 atom stereocenters. The first-order valence-corrected chi connectivity index (χ1v) is 10.9. The van der Waals surface area contributed by atoms with Crippen LogP contribution in [0.4, 0.5) is 0 Å². The minimum Gasteiger partial charge on any atom is -0.292 e. The van der Waals surface area contributed by atoms with E-state index in [9.17, 15) is 4.79 Å². The van der Waals surface area contributed by atoms with Gasteiger partial charge in [-0.25, -0.2) is 4.98 Å². The first kappa shape index (κ1) is 19.0. The van der Waals surface area contributed by atoms with Crippen molar-refractivity contribution >= 4 is 27.6 Å². The van der Waals surface area contributed by atoms with Crippen molar-refractivity contribution in [3.05, 3.63) is 40.8 Å². The number of H-pyrrole nitrogens is 2. The number of benzene rings is 1. The van der Waals surface area contributed by atoms with Crippen LogP contribution in [-0.4, -0.2) is 31.2 Å². The Balaban J connectivity index is 1.78. The van der Waals surface area contributed by atoms with E-state index in [1.54, 1.807) is 0 Å². The van der Waals surface area contributed by atoms with Gasteiger partial charge in [0.05, 0.1) is 22.9 Å². The molecule has 30 heavy (non-hydrogen) atoms. The smallest absolute Gasteiger partial charge is 0.183 e. The van der Waals surface area contributed by atoms with Gasteiger partial charge in [0, 0.05) is 28.5 Å². The van der Waals surface area contributed by atoms with Crippen LogP contribution in [0.3, 0.4) is 0 Å². The average molecular weight is 402 g/mol.